The highest BCUT2D eigenvalue weighted by Crippen LogP contribution is 2.32. The van der Waals surface area contributed by atoms with Crippen LogP contribution in [0.15, 0.2) is 81.6 Å². The molecule has 0 fully saturated rings. The lowest BCUT2D eigenvalue weighted by molar-refractivity contribution is -0.384. The highest BCUT2D eigenvalue weighted by Gasteiger charge is 2.11. The number of nitro benzene ring substituents is 1. The minimum Gasteiger partial charge on any atom is -0.484 e. The molecule has 158 valence electrons. The quantitative estimate of drug-likeness (QED) is 0.285. The lowest BCUT2D eigenvalue weighted by Crippen LogP contribution is -2.24. The maximum atomic E-state index is 12.0. The Hall–Kier alpha value is -3.36. The third-order valence-corrected chi connectivity index (χ3v) is 5.38. The number of nitro groups is 1. The van der Waals surface area contributed by atoms with Gasteiger partial charge in [-0.1, -0.05) is 41.1 Å². The van der Waals surface area contributed by atoms with Crippen molar-refractivity contribution in [2.45, 2.75) is 16.7 Å². The van der Waals surface area contributed by atoms with Crippen LogP contribution in [0.2, 0.25) is 5.02 Å². The summed E-state index contributed by atoms with van der Waals surface area (Å²) in [7, 11) is 0. The Morgan fingerprint density at radius 2 is 1.87 bits per heavy atom. The van der Waals surface area contributed by atoms with E-state index in [2.05, 4.69) is 10.5 Å². The fraction of sp³-hybridized carbons (Fsp3) is 0.0909. The van der Waals surface area contributed by atoms with Gasteiger partial charge in [-0.25, -0.2) is 5.43 Å². The van der Waals surface area contributed by atoms with Gasteiger partial charge in [0.25, 0.3) is 11.6 Å². The van der Waals surface area contributed by atoms with Crippen molar-refractivity contribution in [1.29, 1.82) is 0 Å². The van der Waals surface area contributed by atoms with Crippen molar-refractivity contribution >= 4 is 41.2 Å². The lowest BCUT2D eigenvalue weighted by Gasteiger charge is -2.07. The van der Waals surface area contributed by atoms with Crippen LogP contribution in [0, 0.1) is 17.0 Å². The van der Waals surface area contributed by atoms with Gasteiger partial charge in [0, 0.05) is 32.5 Å². The van der Waals surface area contributed by atoms with E-state index in [0.717, 1.165) is 15.4 Å². The Morgan fingerprint density at radius 3 is 2.55 bits per heavy atom. The standard InChI is InChI=1S/C22H18ClN3O4S/c1-15-2-9-20(10-3-15)31-21-11-6-18(26(28)29)12-16(21)13-24-25-22(27)14-30-19-7-4-17(23)5-8-19/h2-13H,14H2,1H3,(H,25,27)/b24-13+. The number of aryl methyl sites for hydroxylation is 1. The van der Waals surface area contributed by atoms with Crippen molar-refractivity contribution in [2.75, 3.05) is 6.61 Å². The molecule has 31 heavy (non-hydrogen) atoms. The van der Waals surface area contributed by atoms with Crippen molar-refractivity contribution in [2.24, 2.45) is 5.10 Å². The van der Waals surface area contributed by atoms with Gasteiger partial charge < -0.3 is 4.74 Å². The summed E-state index contributed by atoms with van der Waals surface area (Å²) in [6, 6.07) is 19.0. The third-order valence-electron chi connectivity index (χ3n) is 4.03. The van der Waals surface area contributed by atoms with Crippen molar-refractivity contribution < 1.29 is 14.5 Å². The van der Waals surface area contributed by atoms with Crippen LogP contribution in [0.3, 0.4) is 0 Å². The van der Waals surface area contributed by atoms with Gasteiger partial charge in [0.2, 0.25) is 0 Å². The van der Waals surface area contributed by atoms with Gasteiger partial charge in [-0.2, -0.15) is 5.10 Å². The molecular formula is C22H18ClN3O4S. The molecule has 3 aromatic carbocycles. The molecular weight excluding hydrogens is 438 g/mol. The first-order chi connectivity index (χ1) is 14.9. The highest BCUT2D eigenvalue weighted by atomic mass is 35.5. The van der Waals surface area contributed by atoms with Crippen molar-refractivity contribution in [1.82, 2.24) is 5.43 Å². The molecule has 0 unspecified atom stereocenters. The summed E-state index contributed by atoms with van der Waals surface area (Å²) in [5, 5.41) is 15.6. The largest absolute Gasteiger partial charge is 0.484 e. The van der Waals surface area contributed by atoms with Crippen LogP contribution in [0.4, 0.5) is 5.69 Å². The molecule has 3 aromatic rings. The smallest absolute Gasteiger partial charge is 0.277 e. The molecule has 0 saturated carbocycles. The number of non-ortho nitro benzene ring substituents is 1. The number of carbonyl (C=O) groups excluding carboxylic acids is 1. The summed E-state index contributed by atoms with van der Waals surface area (Å²) < 4.78 is 5.35. The van der Waals surface area contributed by atoms with E-state index in [0.29, 0.717) is 16.3 Å². The molecule has 1 N–H and O–H groups in total. The second-order valence-corrected chi connectivity index (χ2v) is 7.98. The summed E-state index contributed by atoms with van der Waals surface area (Å²) in [6.45, 7) is 1.76. The monoisotopic (exact) mass is 455 g/mol. The molecule has 0 radical (unpaired) electrons. The molecule has 7 nitrogen and oxygen atoms in total. The number of rotatable bonds is 8. The van der Waals surface area contributed by atoms with Crippen LogP contribution in [-0.2, 0) is 4.79 Å². The first kappa shape index (κ1) is 22.3. The Morgan fingerprint density at radius 1 is 1.16 bits per heavy atom. The number of hydrogen-bond acceptors (Lipinski definition) is 6. The molecule has 0 bridgehead atoms. The van der Waals surface area contributed by atoms with Gasteiger partial charge in [-0.05, 0) is 49.4 Å². The minimum absolute atomic E-state index is 0.0629. The molecule has 0 atom stereocenters. The van der Waals surface area contributed by atoms with Crippen LogP contribution >= 0.6 is 23.4 Å². The van der Waals surface area contributed by atoms with Gasteiger partial charge in [0.15, 0.2) is 6.61 Å². The summed E-state index contributed by atoms with van der Waals surface area (Å²) in [5.41, 5.74) is 3.95. The summed E-state index contributed by atoms with van der Waals surface area (Å²) >= 11 is 7.25. The van der Waals surface area contributed by atoms with Crippen LogP contribution in [-0.4, -0.2) is 23.7 Å². The predicted molar refractivity (Wildman–Crippen MR) is 121 cm³/mol. The van der Waals surface area contributed by atoms with E-state index in [1.165, 1.54) is 30.1 Å². The zero-order valence-corrected chi connectivity index (χ0v) is 18.0. The highest BCUT2D eigenvalue weighted by molar-refractivity contribution is 7.99. The molecule has 0 heterocycles. The predicted octanol–water partition coefficient (Wildman–Crippen LogP) is 5.24. The summed E-state index contributed by atoms with van der Waals surface area (Å²) in [4.78, 5) is 24.4. The van der Waals surface area contributed by atoms with Crippen LogP contribution in [0.1, 0.15) is 11.1 Å². The number of amides is 1. The number of hydrogen-bond donors (Lipinski definition) is 1. The fourth-order valence-electron chi connectivity index (χ4n) is 2.46. The molecule has 0 aromatic heterocycles. The van der Waals surface area contributed by atoms with E-state index in [4.69, 9.17) is 16.3 Å². The molecule has 0 aliphatic rings. The SMILES string of the molecule is Cc1ccc(Sc2ccc([N+](=O)[O-])cc2/C=N/NC(=O)COc2ccc(Cl)cc2)cc1. The van der Waals surface area contributed by atoms with Gasteiger partial charge >= 0.3 is 0 Å². The molecule has 0 aliphatic carbocycles. The molecule has 0 spiro atoms. The van der Waals surface area contributed by atoms with Crippen molar-refractivity contribution in [3.05, 3.63) is 93.0 Å². The van der Waals surface area contributed by atoms with Crippen molar-refractivity contribution in [3.63, 3.8) is 0 Å². The maximum absolute atomic E-state index is 12.0. The topological polar surface area (TPSA) is 93.8 Å². The van der Waals surface area contributed by atoms with Crippen LogP contribution < -0.4 is 10.2 Å². The van der Waals surface area contributed by atoms with Crippen LogP contribution in [0.25, 0.3) is 0 Å². The minimum atomic E-state index is -0.476. The Bertz CT molecular complexity index is 1100. The van der Waals surface area contributed by atoms with E-state index in [1.807, 2.05) is 31.2 Å². The number of halogens is 1. The van der Waals surface area contributed by atoms with Gasteiger partial charge in [0.1, 0.15) is 5.75 Å². The van der Waals surface area contributed by atoms with Crippen LogP contribution in [0.5, 0.6) is 5.75 Å². The first-order valence-electron chi connectivity index (χ1n) is 9.14. The number of benzene rings is 3. The Labute approximate surface area is 188 Å². The van der Waals surface area contributed by atoms with Gasteiger partial charge in [0.05, 0.1) is 11.1 Å². The van der Waals surface area contributed by atoms with E-state index < -0.39 is 10.8 Å². The Balaban J connectivity index is 1.67. The number of hydrazone groups is 1. The van der Waals surface area contributed by atoms with Gasteiger partial charge in [-0.3, -0.25) is 14.9 Å². The summed E-state index contributed by atoms with van der Waals surface area (Å²) in [5.74, 6) is 0.0309. The fourth-order valence-corrected chi connectivity index (χ4v) is 3.48. The van der Waals surface area contributed by atoms with E-state index in [9.17, 15) is 14.9 Å². The average molecular weight is 456 g/mol. The maximum Gasteiger partial charge on any atom is 0.277 e. The second-order valence-electron chi connectivity index (χ2n) is 6.43. The zero-order valence-electron chi connectivity index (χ0n) is 16.4. The second kappa shape index (κ2) is 10.6. The Kier molecular flexibility index (Phi) is 7.64. The number of nitrogens with one attached hydrogen (secondary N) is 1. The molecule has 0 aliphatic heterocycles. The molecule has 3 rings (SSSR count). The molecule has 1 amide bonds. The van der Waals surface area contributed by atoms with E-state index >= 15 is 0 Å². The number of ether oxygens (including phenoxy) is 1. The normalized spacial score (nSPS) is 10.8. The zero-order chi connectivity index (χ0) is 22.2. The molecule has 9 heteroatoms. The first-order valence-corrected chi connectivity index (χ1v) is 10.3. The molecule has 0 saturated heterocycles. The summed E-state index contributed by atoms with van der Waals surface area (Å²) in [6.07, 6.45) is 1.38. The lowest BCUT2D eigenvalue weighted by atomic mass is 10.2. The third kappa shape index (κ3) is 6.84. The van der Waals surface area contributed by atoms with Gasteiger partial charge in [-0.15, -0.1) is 0 Å². The van der Waals surface area contributed by atoms with Crippen molar-refractivity contribution in [3.8, 4) is 5.75 Å². The van der Waals surface area contributed by atoms with E-state index in [-0.39, 0.29) is 12.3 Å². The number of nitrogens with zero attached hydrogens (tertiary/aromatic N) is 2. The average Bonchev–Trinajstić information content (AvgIpc) is 2.76. The van der Waals surface area contributed by atoms with E-state index in [1.54, 1.807) is 30.3 Å². The number of carbonyl (C=O) groups is 1.